The van der Waals surface area contributed by atoms with Crippen molar-refractivity contribution in [2.75, 3.05) is 0 Å². The third-order valence-electron chi connectivity index (χ3n) is 0. The van der Waals surface area contributed by atoms with Crippen LogP contribution in [-0.4, -0.2) is 4.32 Å². The summed E-state index contributed by atoms with van der Waals surface area (Å²) in [6, 6.07) is 0. The van der Waals surface area contributed by atoms with Crippen LogP contribution in [0.3, 0.4) is 0 Å². The fourth-order valence-corrected chi connectivity index (χ4v) is 0. The number of rotatable bonds is 0. The standard InChI is InChI=1S/CH3NS2.Cd/c2-1(3)4;/h(H3,2,3,4);. The van der Waals surface area contributed by atoms with E-state index in [1.807, 2.05) is 0 Å². The Kier molecular flexibility index (Phi) is 9.79. The Labute approximate surface area is 61.9 Å². The van der Waals surface area contributed by atoms with Crippen LogP contribution in [0.4, 0.5) is 0 Å². The van der Waals surface area contributed by atoms with Crippen LogP contribution in [0.25, 0.3) is 0 Å². The van der Waals surface area contributed by atoms with Crippen molar-refractivity contribution in [3.8, 4) is 0 Å². The number of thiocarbonyl (C=S) groups is 1. The van der Waals surface area contributed by atoms with E-state index in [0.717, 1.165) is 0 Å². The number of nitrogens with two attached hydrogens (primary N) is 1. The molecule has 0 aliphatic carbocycles. The van der Waals surface area contributed by atoms with Crippen LogP contribution >= 0.6 is 24.8 Å². The summed E-state index contributed by atoms with van der Waals surface area (Å²) in [4.78, 5) is 0. The van der Waals surface area contributed by atoms with Crippen LogP contribution in [-0.2, 0) is 27.3 Å². The summed E-state index contributed by atoms with van der Waals surface area (Å²) in [6.45, 7) is 0. The van der Waals surface area contributed by atoms with E-state index in [0.29, 0.717) is 0 Å². The van der Waals surface area contributed by atoms with E-state index >= 15 is 0 Å². The molecule has 0 radical (unpaired) electrons. The molecule has 0 saturated heterocycles. The molecule has 0 fully saturated rings. The summed E-state index contributed by atoms with van der Waals surface area (Å²) < 4.78 is 0.194. The van der Waals surface area contributed by atoms with Gasteiger partial charge in [-0.1, -0.05) is 12.2 Å². The van der Waals surface area contributed by atoms with E-state index < -0.39 is 0 Å². The van der Waals surface area contributed by atoms with Crippen molar-refractivity contribution in [2.24, 2.45) is 5.73 Å². The second-order valence-electron chi connectivity index (χ2n) is 0.338. The number of thiol groups is 1. The molecule has 0 heterocycles. The van der Waals surface area contributed by atoms with Gasteiger partial charge in [0.05, 0.1) is 0 Å². The Hall–Kier alpha value is 1.16. The van der Waals surface area contributed by atoms with E-state index in [-0.39, 0.29) is 31.6 Å². The first kappa shape index (κ1) is 9.48. The molecule has 0 aromatic rings. The molecule has 2 N–H and O–H groups in total. The van der Waals surface area contributed by atoms with Crippen LogP contribution in [0.1, 0.15) is 0 Å². The Morgan fingerprint density at radius 3 is 1.80 bits per heavy atom. The molecule has 0 spiro atoms. The van der Waals surface area contributed by atoms with Crippen LogP contribution in [0.2, 0.25) is 0 Å². The molecule has 0 aliphatic heterocycles. The molecule has 26 valence electrons. The topological polar surface area (TPSA) is 26.0 Å². The molecular weight excluding hydrogens is 203 g/mol. The van der Waals surface area contributed by atoms with Crippen molar-refractivity contribution in [2.45, 2.75) is 0 Å². The normalized spacial score (nSPS) is 5.00. The predicted molar refractivity (Wildman–Crippen MR) is 25.8 cm³/mol. The van der Waals surface area contributed by atoms with E-state index in [9.17, 15) is 0 Å². The smallest absolute Gasteiger partial charge is 0.128 e. The van der Waals surface area contributed by atoms with Gasteiger partial charge in [-0.15, -0.1) is 12.6 Å². The maximum Gasteiger partial charge on any atom is 0.128 e. The Balaban J connectivity index is 0. The molecule has 0 aromatic carbocycles. The molecular formula is CH3CdNS2. The van der Waals surface area contributed by atoms with Gasteiger partial charge in [-0.05, 0) is 0 Å². The number of hydrogen-bond donors (Lipinski definition) is 2. The Morgan fingerprint density at radius 1 is 1.80 bits per heavy atom. The van der Waals surface area contributed by atoms with E-state index in [1.165, 1.54) is 0 Å². The maximum absolute atomic E-state index is 4.71. The Morgan fingerprint density at radius 2 is 1.80 bits per heavy atom. The molecule has 0 rings (SSSR count). The van der Waals surface area contributed by atoms with Crippen molar-refractivity contribution < 1.29 is 27.3 Å². The minimum Gasteiger partial charge on any atom is -0.385 e. The van der Waals surface area contributed by atoms with Crippen LogP contribution in [0, 0.1) is 0 Å². The zero-order valence-electron chi connectivity index (χ0n) is 2.64. The van der Waals surface area contributed by atoms with Crippen molar-refractivity contribution in [1.29, 1.82) is 0 Å². The molecule has 0 aliphatic rings. The summed E-state index contributed by atoms with van der Waals surface area (Å²) >= 11 is 7.65. The van der Waals surface area contributed by atoms with Crippen molar-refractivity contribution in [3.63, 3.8) is 0 Å². The van der Waals surface area contributed by atoms with Gasteiger partial charge < -0.3 is 5.73 Å². The van der Waals surface area contributed by atoms with Gasteiger partial charge in [0.15, 0.2) is 0 Å². The molecule has 0 aromatic heterocycles. The zero-order chi connectivity index (χ0) is 3.58. The van der Waals surface area contributed by atoms with Crippen LogP contribution in [0.5, 0.6) is 0 Å². The second-order valence-corrected chi connectivity index (χ2v) is 1.56. The van der Waals surface area contributed by atoms with Gasteiger partial charge >= 0.3 is 0 Å². The molecule has 0 atom stereocenters. The van der Waals surface area contributed by atoms with Gasteiger partial charge in [0.2, 0.25) is 0 Å². The Bertz CT molecular complexity index is 32.6. The summed E-state index contributed by atoms with van der Waals surface area (Å²) in [5, 5.41) is 0. The average Bonchev–Trinajstić information content (AvgIpc) is 0.811. The SMILES string of the molecule is NC(=S)S.[Cd]. The van der Waals surface area contributed by atoms with Gasteiger partial charge in [-0.2, -0.15) is 0 Å². The van der Waals surface area contributed by atoms with Crippen molar-refractivity contribution >= 4 is 29.2 Å². The van der Waals surface area contributed by atoms with Crippen molar-refractivity contribution in [1.82, 2.24) is 0 Å². The van der Waals surface area contributed by atoms with Gasteiger partial charge in [0.1, 0.15) is 4.32 Å². The first-order valence-corrected chi connectivity index (χ1v) is 1.57. The minimum atomic E-state index is 0. The molecule has 1 nitrogen and oxygen atoms in total. The fraction of sp³-hybridized carbons (Fsp3) is 0. The van der Waals surface area contributed by atoms with Gasteiger partial charge in [0, 0.05) is 27.3 Å². The first-order valence-electron chi connectivity index (χ1n) is 0.716. The van der Waals surface area contributed by atoms with Crippen LogP contribution in [0.15, 0.2) is 0 Å². The quantitative estimate of drug-likeness (QED) is 0.335. The third-order valence-corrected chi connectivity index (χ3v) is 0. The zero-order valence-corrected chi connectivity index (χ0v) is 8.39. The van der Waals surface area contributed by atoms with Gasteiger partial charge in [0.25, 0.3) is 0 Å². The molecule has 5 heavy (non-hydrogen) atoms. The molecule has 4 heteroatoms. The molecule has 0 amide bonds. The minimum absolute atomic E-state index is 0. The van der Waals surface area contributed by atoms with Gasteiger partial charge in [-0.3, -0.25) is 0 Å². The summed E-state index contributed by atoms with van der Waals surface area (Å²) in [7, 11) is 0. The molecule has 0 saturated carbocycles. The maximum atomic E-state index is 4.71. The van der Waals surface area contributed by atoms with Crippen LogP contribution < -0.4 is 5.73 Å². The van der Waals surface area contributed by atoms with Gasteiger partial charge in [-0.25, -0.2) is 0 Å². The summed E-state index contributed by atoms with van der Waals surface area (Å²) in [5.74, 6) is 0. The third kappa shape index (κ3) is 38.2. The first-order chi connectivity index (χ1) is 1.73. The van der Waals surface area contributed by atoms with E-state index in [4.69, 9.17) is 5.73 Å². The molecule has 0 bridgehead atoms. The molecule has 0 unspecified atom stereocenters. The fourth-order valence-electron chi connectivity index (χ4n) is 0. The monoisotopic (exact) mass is 207 g/mol. The predicted octanol–water partition coefficient (Wildman–Crippen LogP) is 0.157. The van der Waals surface area contributed by atoms with Crippen molar-refractivity contribution in [3.05, 3.63) is 0 Å². The number of hydrogen-bond acceptors (Lipinski definition) is 1. The van der Waals surface area contributed by atoms with E-state index in [2.05, 4.69) is 24.8 Å². The summed E-state index contributed by atoms with van der Waals surface area (Å²) in [6.07, 6.45) is 0. The largest absolute Gasteiger partial charge is 0.385 e. The average molecular weight is 206 g/mol. The second kappa shape index (κ2) is 5.16. The van der Waals surface area contributed by atoms with E-state index in [1.54, 1.807) is 0 Å². The summed E-state index contributed by atoms with van der Waals surface area (Å²) in [5.41, 5.74) is 4.71.